The molecule has 1 fully saturated rings. The first kappa shape index (κ1) is 10.0. The lowest BCUT2D eigenvalue weighted by molar-refractivity contribution is 0.309. The second-order valence-electron chi connectivity index (χ2n) is 4.38. The van der Waals surface area contributed by atoms with Crippen molar-refractivity contribution < 1.29 is 0 Å². The van der Waals surface area contributed by atoms with E-state index < -0.39 is 0 Å². The third kappa shape index (κ3) is 2.11. The third-order valence-corrected chi connectivity index (χ3v) is 3.79. The standard InChI is InChI=1S/C12H16BrN/c1-8-5-11(6-8)14-10-3-4-12(13)9(2)7-10/h3-4,7-8,11,14H,5-6H2,1-2H3. The second-order valence-corrected chi connectivity index (χ2v) is 5.24. The molecule has 1 N–H and O–H groups in total. The largest absolute Gasteiger partial charge is 0.382 e. The SMILES string of the molecule is Cc1cc(NC2CC(C)C2)ccc1Br. The van der Waals surface area contributed by atoms with E-state index in [0.717, 1.165) is 5.92 Å². The molecule has 1 aromatic carbocycles. The second kappa shape index (κ2) is 3.93. The minimum absolute atomic E-state index is 0.700. The molecule has 0 aliphatic heterocycles. The zero-order chi connectivity index (χ0) is 10.1. The average Bonchev–Trinajstić information content (AvgIpc) is 2.09. The average molecular weight is 254 g/mol. The van der Waals surface area contributed by atoms with Gasteiger partial charge in [0.25, 0.3) is 0 Å². The number of anilines is 1. The number of aryl methyl sites for hydroxylation is 1. The van der Waals surface area contributed by atoms with Crippen LogP contribution in [0.2, 0.25) is 0 Å². The minimum Gasteiger partial charge on any atom is -0.382 e. The molecule has 1 nitrogen and oxygen atoms in total. The maximum Gasteiger partial charge on any atom is 0.0345 e. The molecule has 2 heteroatoms. The Morgan fingerprint density at radius 2 is 2.07 bits per heavy atom. The van der Waals surface area contributed by atoms with Gasteiger partial charge in [0.1, 0.15) is 0 Å². The van der Waals surface area contributed by atoms with Gasteiger partial charge in [-0.05, 0) is 49.4 Å². The maximum atomic E-state index is 3.56. The van der Waals surface area contributed by atoms with E-state index in [0.29, 0.717) is 6.04 Å². The summed E-state index contributed by atoms with van der Waals surface area (Å²) in [5, 5.41) is 3.56. The zero-order valence-electron chi connectivity index (χ0n) is 8.68. The number of halogens is 1. The van der Waals surface area contributed by atoms with Gasteiger partial charge in [0.15, 0.2) is 0 Å². The van der Waals surface area contributed by atoms with Crippen LogP contribution in [-0.2, 0) is 0 Å². The Hall–Kier alpha value is -0.500. The van der Waals surface area contributed by atoms with Gasteiger partial charge in [0, 0.05) is 16.2 Å². The minimum atomic E-state index is 0.700. The normalized spacial score (nSPS) is 25.6. The summed E-state index contributed by atoms with van der Waals surface area (Å²) in [6.45, 7) is 4.43. The molecular weight excluding hydrogens is 238 g/mol. The topological polar surface area (TPSA) is 12.0 Å². The van der Waals surface area contributed by atoms with Crippen LogP contribution in [-0.4, -0.2) is 6.04 Å². The highest BCUT2D eigenvalue weighted by molar-refractivity contribution is 9.10. The van der Waals surface area contributed by atoms with E-state index in [1.165, 1.54) is 28.6 Å². The molecule has 1 aromatic rings. The molecule has 0 spiro atoms. The summed E-state index contributed by atoms with van der Waals surface area (Å²) in [7, 11) is 0. The Kier molecular flexibility index (Phi) is 2.82. The Labute approximate surface area is 94.0 Å². The lowest BCUT2D eigenvalue weighted by atomic mass is 9.82. The van der Waals surface area contributed by atoms with Crippen molar-refractivity contribution >= 4 is 21.6 Å². The number of hydrogen-bond acceptors (Lipinski definition) is 1. The molecule has 76 valence electrons. The van der Waals surface area contributed by atoms with Crippen molar-refractivity contribution in [1.82, 2.24) is 0 Å². The summed E-state index contributed by atoms with van der Waals surface area (Å²) < 4.78 is 1.19. The van der Waals surface area contributed by atoms with Gasteiger partial charge in [0.05, 0.1) is 0 Å². The van der Waals surface area contributed by atoms with Crippen LogP contribution >= 0.6 is 15.9 Å². The van der Waals surface area contributed by atoms with Crippen molar-refractivity contribution in [3.63, 3.8) is 0 Å². The van der Waals surface area contributed by atoms with E-state index in [4.69, 9.17) is 0 Å². The molecule has 0 saturated heterocycles. The summed E-state index contributed by atoms with van der Waals surface area (Å²) in [5.41, 5.74) is 2.55. The van der Waals surface area contributed by atoms with Crippen LogP contribution in [0.4, 0.5) is 5.69 Å². The first-order valence-electron chi connectivity index (χ1n) is 5.18. The molecular formula is C12H16BrN. The van der Waals surface area contributed by atoms with Gasteiger partial charge in [-0.3, -0.25) is 0 Å². The van der Waals surface area contributed by atoms with Crippen molar-refractivity contribution in [3.8, 4) is 0 Å². The highest BCUT2D eigenvalue weighted by atomic mass is 79.9. The monoisotopic (exact) mass is 253 g/mol. The molecule has 0 amide bonds. The predicted octanol–water partition coefficient (Wildman–Crippen LogP) is 3.97. The molecule has 0 atom stereocenters. The van der Waals surface area contributed by atoms with Crippen LogP contribution in [0.3, 0.4) is 0 Å². The lowest BCUT2D eigenvalue weighted by Crippen LogP contribution is -2.33. The first-order valence-corrected chi connectivity index (χ1v) is 5.97. The smallest absolute Gasteiger partial charge is 0.0345 e. The summed E-state index contributed by atoms with van der Waals surface area (Å²) in [4.78, 5) is 0. The highest BCUT2D eigenvalue weighted by Crippen LogP contribution is 2.30. The highest BCUT2D eigenvalue weighted by Gasteiger charge is 2.24. The van der Waals surface area contributed by atoms with Crippen LogP contribution in [0.25, 0.3) is 0 Å². The van der Waals surface area contributed by atoms with Crippen LogP contribution in [0.1, 0.15) is 25.3 Å². The molecule has 0 radical (unpaired) electrons. The fourth-order valence-corrected chi connectivity index (χ4v) is 2.24. The number of hydrogen-bond donors (Lipinski definition) is 1. The van der Waals surface area contributed by atoms with E-state index in [-0.39, 0.29) is 0 Å². The predicted molar refractivity (Wildman–Crippen MR) is 64.7 cm³/mol. The Balaban J connectivity index is 2.00. The van der Waals surface area contributed by atoms with Gasteiger partial charge < -0.3 is 5.32 Å². The van der Waals surface area contributed by atoms with Crippen molar-refractivity contribution in [3.05, 3.63) is 28.2 Å². The molecule has 0 unspecified atom stereocenters. The fraction of sp³-hybridized carbons (Fsp3) is 0.500. The first-order chi connectivity index (χ1) is 6.65. The van der Waals surface area contributed by atoms with Gasteiger partial charge in [-0.1, -0.05) is 22.9 Å². The zero-order valence-corrected chi connectivity index (χ0v) is 10.3. The van der Waals surface area contributed by atoms with Crippen molar-refractivity contribution in [2.75, 3.05) is 5.32 Å². The summed E-state index contributed by atoms with van der Waals surface area (Å²) >= 11 is 3.51. The Morgan fingerprint density at radius 1 is 1.36 bits per heavy atom. The number of rotatable bonds is 2. The molecule has 2 rings (SSSR count). The van der Waals surface area contributed by atoms with Gasteiger partial charge in [0.2, 0.25) is 0 Å². The Morgan fingerprint density at radius 3 is 2.64 bits per heavy atom. The van der Waals surface area contributed by atoms with Crippen LogP contribution in [0, 0.1) is 12.8 Å². The molecule has 0 aromatic heterocycles. The van der Waals surface area contributed by atoms with E-state index in [2.05, 4.69) is 53.3 Å². The lowest BCUT2D eigenvalue weighted by Gasteiger charge is -2.34. The van der Waals surface area contributed by atoms with Crippen molar-refractivity contribution in [2.45, 2.75) is 32.7 Å². The molecule has 0 bridgehead atoms. The summed E-state index contributed by atoms with van der Waals surface area (Å²) in [6.07, 6.45) is 2.63. The molecule has 14 heavy (non-hydrogen) atoms. The van der Waals surface area contributed by atoms with E-state index in [9.17, 15) is 0 Å². The van der Waals surface area contributed by atoms with Gasteiger partial charge in [-0.25, -0.2) is 0 Å². The third-order valence-electron chi connectivity index (χ3n) is 2.90. The summed E-state index contributed by atoms with van der Waals surface area (Å²) in [5.74, 6) is 0.907. The van der Waals surface area contributed by atoms with Crippen LogP contribution in [0.5, 0.6) is 0 Å². The number of nitrogens with one attached hydrogen (secondary N) is 1. The Bertz CT molecular complexity index is 329. The maximum absolute atomic E-state index is 3.56. The molecule has 0 heterocycles. The number of benzene rings is 1. The van der Waals surface area contributed by atoms with Crippen LogP contribution in [0.15, 0.2) is 22.7 Å². The fourth-order valence-electron chi connectivity index (χ4n) is 1.99. The van der Waals surface area contributed by atoms with Crippen molar-refractivity contribution in [2.24, 2.45) is 5.92 Å². The van der Waals surface area contributed by atoms with Crippen molar-refractivity contribution in [1.29, 1.82) is 0 Å². The summed E-state index contributed by atoms with van der Waals surface area (Å²) in [6, 6.07) is 7.15. The van der Waals surface area contributed by atoms with E-state index in [1.54, 1.807) is 0 Å². The molecule has 1 aliphatic carbocycles. The van der Waals surface area contributed by atoms with Gasteiger partial charge >= 0.3 is 0 Å². The van der Waals surface area contributed by atoms with Gasteiger partial charge in [-0.2, -0.15) is 0 Å². The van der Waals surface area contributed by atoms with Gasteiger partial charge in [-0.15, -0.1) is 0 Å². The van der Waals surface area contributed by atoms with E-state index >= 15 is 0 Å². The van der Waals surface area contributed by atoms with Crippen LogP contribution < -0.4 is 5.32 Å². The molecule has 1 aliphatic rings. The quantitative estimate of drug-likeness (QED) is 0.842. The molecule has 1 saturated carbocycles. The van der Waals surface area contributed by atoms with E-state index in [1.807, 2.05) is 0 Å².